The third-order valence-corrected chi connectivity index (χ3v) is 1.42. The maximum atomic E-state index is 9.90. The van der Waals surface area contributed by atoms with E-state index in [0.717, 1.165) is 0 Å². The number of carbonyl (C=O) groups excluding carboxylic acids is 1. The molecule has 6 nitrogen and oxygen atoms in total. The van der Waals surface area contributed by atoms with Crippen molar-refractivity contribution in [2.24, 2.45) is 0 Å². The van der Waals surface area contributed by atoms with Gasteiger partial charge < -0.3 is 30.3 Å². The molecule has 0 bridgehead atoms. The topological polar surface area (TPSA) is 118 Å². The molecule has 0 radical (unpaired) electrons. The van der Waals surface area contributed by atoms with Gasteiger partial charge in [-0.1, -0.05) is 0 Å². The Balaban J connectivity index is 4.07. The summed E-state index contributed by atoms with van der Waals surface area (Å²) >= 11 is 0. The molecule has 0 aliphatic heterocycles. The second-order valence-corrected chi connectivity index (χ2v) is 2.36. The lowest BCUT2D eigenvalue weighted by molar-refractivity contribution is -0.136. The molecule has 0 aromatic heterocycles. The van der Waals surface area contributed by atoms with Crippen LogP contribution in [0.25, 0.3) is 0 Å². The van der Waals surface area contributed by atoms with Crippen LogP contribution in [0.3, 0.4) is 0 Å². The van der Waals surface area contributed by atoms with Gasteiger partial charge in [-0.05, 0) is 0 Å². The highest BCUT2D eigenvalue weighted by atomic mass is 18.2. The highest BCUT2D eigenvalue weighted by Crippen LogP contribution is 2.02. The second-order valence-electron chi connectivity index (χ2n) is 2.36. The SMILES string of the molecule is O=C[C@@H](O)[C@H]([18OH])[C@@H]([18OH])[C@H](O)CO. The van der Waals surface area contributed by atoms with Crippen LogP contribution in [0, 0.1) is 0 Å². The van der Waals surface area contributed by atoms with Gasteiger partial charge in [-0.25, -0.2) is 0 Å². The zero-order valence-corrected chi connectivity index (χ0v) is 6.24. The van der Waals surface area contributed by atoms with E-state index in [1.54, 1.807) is 0 Å². The van der Waals surface area contributed by atoms with Crippen molar-refractivity contribution in [2.75, 3.05) is 6.61 Å². The van der Waals surface area contributed by atoms with Crippen molar-refractivity contribution >= 4 is 6.29 Å². The molecule has 4 atom stereocenters. The molecule has 6 heteroatoms. The highest BCUT2D eigenvalue weighted by molar-refractivity contribution is 5.56. The molecular weight excluding hydrogens is 172 g/mol. The summed E-state index contributed by atoms with van der Waals surface area (Å²) in [6.45, 7) is -0.760. The normalized spacial score (nSPS) is 21.1. The predicted molar refractivity (Wildman–Crippen MR) is 37.2 cm³/mol. The average Bonchev–Trinajstić information content (AvgIpc) is 2.12. The summed E-state index contributed by atoms with van der Waals surface area (Å²) < 4.78 is 0. The number of aliphatic hydroxyl groups is 5. The fraction of sp³-hybridized carbons (Fsp3) is 0.833. The minimum absolute atomic E-state index is 0.0258. The first-order valence-corrected chi connectivity index (χ1v) is 3.33. The largest absolute Gasteiger partial charge is 0.394 e. The molecule has 0 saturated heterocycles. The van der Waals surface area contributed by atoms with E-state index in [1.807, 2.05) is 0 Å². The van der Waals surface area contributed by atoms with Gasteiger partial charge in [-0.2, -0.15) is 0 Å². The van der Waals surface area contributed by atoms with E-state index in [2.05, 4.69) is 0 Å². The quantitative estimate of drug-likeness (QED) is 0.225. The van der Waals surface area contributed by atoms with Gasteiger partial charge in [0, 0.05) is 0 Å². The number of rotatable bonds is 5. The van der Waals surface area contributed by atoms with Gasteiger partial charge in [0.2, 0.25) is 0 Å². The molecule has 0 rings (SSSR count). The Morgan fingerprint density at radius 3 is 2.08 bits per heavy atom. The summed E-state index contributed by atoms with van der Waals surface area (Å²) in [4.78, 5) is 9.90. The first-order chi connectivity index (χ1) is 5.54. The number of hydrogen-bond donors (Lipinski definition) is 5. The van der Waals surface area contributed by atoms with Gasteiger partial charge in [-0.3, -0.25) is 0 Å². The predicted octanol–water partition coefficient (Wildman–Crippen LogP) is -3.38. The Morgan fingerprint density at radius 2 is 1.75 bits per heavy atom. The van der Waals surface area contributed by atoms with Crippen molar-refractivity contribution in [1.29, 1.82) is 0 Å². The number of carbonyl (C=O) groups is 1. The number of aldehydes is 1. The van der Waals surface area contributed by atoms with Crippen LogP contribution >= 0.6 is 0 Å². The molecule has 0 aromatic carbocycles. The minimum atomic E-state index is -1.79. The van der Waals surface area contributed by atoms with Crippen LogP contribution in [0.4, 0.5) is 0 Å². The van der Waals surface area contributed by atoms with Crippen molar-refractivity contribution in [3.8, 4) is 0 Å². The highest BCUT2D eigenvalue weighted by Gasteiger charge is 2.29. The molecule has 0 amide bonds. The van der Waals surface area contributed by atoms with Gasteiger partial charge in [0.05, 0.1) is 6.61 Å². The van der Waals surface area contributed by atoms with Crippen LogP contribution in [0.1, 0.15) is 0 Å². The molecule has 0 aromatic rings. The molecular formula is C6H12O6. The summed E-state index contributed by atoms with van der Waals surface area (Å²) in [7, 11) is 0. The fourth-order valence-electron chi connectivity index (χ4n) is 0.618. The van der Waals surface area contributed by atoms with Gasteiger partial charge >= 0.3 is 0 Å². The first-order valence-electron chi connectivity index (χ1n) is 3.33. The summed E-state index contributed by atoms with van der Waals surface area (Å²) in [6, 6.07) is 0. The molecule has 0 aliphatic carbocycles. The van der Waals surface area contributed by atoms with Crippen LogP contribution < -0.4 is 0 Å². The average molecular weight is 184 g/mol. The lowest BCUT2D eigenvalue weighted by atomic mass is 10.1. The van der Waals surface area contributed by atoms with E-state index >= 15 is 0 Å². The standard InChI is InChI=1S/C6H12O6/c7-1-3(9)5(11)6(12)4(10)2-8/h1,3-6,8-12H,2H2/t3-,4-,5+,6+/m1/s1/i11+2,12+2. The summed E-state index contributed by atoms with van der Waals surface area (Å²) in [5, 5.41) is 43.5. The van der Waals surface area contributed by atoms with E-state index in [-0.39, 0.29) is 6.29 Å². The van der Waals surface area contributed by atoms with E-state index in [0.29, 0.717) is 0 Å². The van der Waals surface area contributed by atoms with Crippen molar-refractivity contribution in [3.05, 3.63) is 0 Å². The van der Waals surface area contributed by atoms with Crippen LogP contribution in [0.15, 0.2) is 0 Å². The molecule has 0 spiro atoms. The maximum Gasteiger partial charge on any atom is 0.151 e. The smallest absolute Gasteiger partial charge is 0.151 e. The Kier molecular flexibility index (Phi) is 4.95. The van der Waals surface area contributed by atoms with Gasteiger partial charge in [-0.15, -0.1) is 0 Å². The third kappa shape index (κ3) is 2.84. The van der Waals surface area contributed by atoms with Crippen molar-refractivity contribution in [2.45, 2.75) is 24.4 Å². The van der Waals surface area contributed by atoms with Crippen LogP contribution in [-0.2, 0) is 4.79 Å². The second kappa shape index (κ2) is 5.18. The van der Waals surface area contributed by atoms with Crippen molar-refractivity contribution in [1.82, 2.24) is 0 Å². The third-order valence-electron chi connectivity index (χ3n) is 1.42. The molecule has 0 unspecified atom stereocenters. The monoisotopic (exact) mass is 184 g/mol. The first kappa shape index (κ1) is 11.5. The maximum absolute atomic E-state index is 9.90. The number of hydrogen-bond acceptors (Lipinski definition) is 6. The van der Waals surface area contributed by atoms with Crippen LogP contribution in [0.5, 0.6) is 0 Å². The zero-order valence-electron chi connectivity index (χ0n) is 6.24. The van der Waals surface area contributed by atoms with E-state index < -0.39 is 31.0 Å². The molecule has 0 heterocycles. The molecule has 0 saturated carbocycles. The Bertz CT molecular complexity index is 138. The molecule has 0 fully saturated rings. The minimum Gasteiger partial charge on any atom is -0.394 e. The summed E-state index contributed by atoms with van der Waals surface area (Å²) in [6.07, 6.45) is -6.84. The zero-order chi connectivity index (χ0) is 9.72. The molecule has 5 N–H and O–H groups in total. The van der Waals surface area contributed by atoms with E-state index in [1.165, 1.54) is 0 Å². The lowest BCUT2D eigenvalue weighted by Gasteiger charge is -2.22. The Hall–Kier alpha value is -0.530. The van der Waals surface area contributed by atoms with Gasteiger partial charge in [0.15, 0.2) is 6.29 Å². The van der Waals surface area contributed by atoms with Crippen molar-refractivity contribution in [3.63, 3.8) is 0 Å². The molecule has 0 aliphatic rings. The molecule has 12 heavy (non-hydrogen) atoms. The molecule has 72 valence electrons. The lowest BCUT2D eigenvalue weighted by Crippen LogP contribution is -2.46. The fourth-order valence-corrected chi connectivity index (χ4v) is 0.618. The Labute approximate surface area is 68.7 Å². The summed E-state index contributed by atoms with van der Waals surface area (Å²) in [5.41, 5.74) is 0. The van der Waals surface area contributed by atoms with Gasteiger partial charge in [0.25, 0.3) is 0 Å². The number of aliphatic hydroxyl groups excluding tert-OH is 5. The van der Waals surface area contributed by atoms with Crippen LogP contribution in [-0.4, -0.2) is 62.8 Å². The van der Waals surface area contributed by atoms with Gasteiger partial charge in [0.1, 0.15) is 24.4 Å². The van der Waals surface area contributed by atoms with E-state index in [9.17, 15) is 4.79 Å². The van der Waals surface area contributed by atoms with Crippen molar-refractivity contribution < 1.29 is 30.3 Å². The van der Waals surface area contributed by atoms with E-state index in [4.69, 9.17) is 25.5 Å². The summed E-state index contributed by atoms with van der Waals surface area (Å²) in [5.74, 6) is 0. The van der Waals surface area contributed by atoms with Crippen LogP contribution in [0.2, 0.25) is 0 Å². The Morgan fingerprint density at radius 1 is 1.25 bits per heavy atom.